The molecule has 0 radical (unpaired) electrons. The van der Waals surface area contributed by atoms with E-state index in [1.54, 1.807) is 0 Å². The van der Waals surface area contributed by atoms with Crippen LogP contribution in [0.15, 0.2) is 24.3 Å². The number of fused-ring (bicyclic) bond motifs is 1. The Morgan fingerprint density at radius 2 is 1.86 bits per heavy atom. The number of rotatable bonds is 2. The lowest BCUT2D eigenvalue weighted by atomic mass is 9.99. The van der Waals surface area contributed by atoms with E-state index in [1.165, 1.54) is 9.71 Å². The first kappa shape index (κ1) is 9.66. The smallest absolute Gasteiger partial charge is 0.0969 e. The van der Waals surface area contributed by atoms with Crippen molar-refractivity contribution in [3.8, 4) is 0 Å². The van der Waals surface area contributed by atoms with E-state index < -0.39 is 0 Å². The predicted molar refractivity (Wildman–Crippen MR) is 62.9 cm³/mol. The minimum atomic E-state index is 0.562. The zero-order chi connectivity index (χ0) is 10.1. The van der Waals surface area contributed by atoms with Gasteiger partial charge in [0.05, 0.1) is 15.2 Å². The maximum Gasteiger partial charge on any atom is 0.0969 e. The highest BCUT2D eigenvalue weighted by Gasteiger charge is 2.14. The first-order valence-electron chi connectivity index (χ1n) is 5.04. The predicted octanol–water partition coefficient (Wildman–Crippen LogP) is 4.06. The molecule has 74 valence electrons. The lowest BCUT2D eigenvalue weighted by Gasteiger charge is -2.11. The molecule has 1 aromatic heterocycles. The Morgan fingerprint density at radius 1 is 1.14 bits per heavy atom. The Hall–Kier alpha value is -0.890. The molecule has 0 aliphatic rings. The monoisotopic (exact) mass is 205 g/mol. The average molecular weight is 205 g/mol. The number of hydrogen-bond donors (Lipinski definition) is 0. The molecule has 2 aromatic rings. The molecule has 0 saturated heterocycles. The van der Waals surface area contributed by atoms with Gasteiger partial charge in [0.1, 0.15) is 0 Å². The second-order valence-corrected chi connectivity index (χ2v) is 5.11. The third kappa shape index (κ3) is 1.67. The van der Waals surface area contributed by atoms with Crippen LogP contribution in [0.2, 0.25) is 0 Å². The van der Waals surface area contributed by atoms with Gasteiger partial charge in [0, 0.05) is 5.92 Å². The van der Waals surface area contributed by atoms with Gasteiger partial charge in [-0.25, -0.2) is 4.98 Å². The molecular formula is C12H15NS. The molecule has 0 amide bonds. The maximum absolute atomic E-state index is 4.65. The van der Waals surface area contributed by atoms with Crippen molar-refractivity contribution >= 4 is 21.6 Å². The number of hydrogen-bond acceptors (Lipinski definition) is 2. The summed E-state index contributed by atoms with van der Waals surface area (Å²) in [6.07, 6.45) is 0. The summed E-state index contributed by atoms with van der Waals surface area (Å²) in [4.78, 5) is 4.65. The summed E-state index contributed by atoms with van der Waals surface area (Å²) in [5.74, 6) is 1.22. The summed E-state index contributed by atoms with van der Waals surface area (Å²) in [5, 5.41) is 1.27. The summed E-state index contributed by atoms with van der Waals surface area (Å²) in [6, 6.07) is 8.35. The first-order valence-corrected chi connectivity index (χ1v) is 5.85. The van der Waals surface area contributed by atoms with Crippen molar-refractivity contribution in [1.82, 2.24) is 4.98 Å². The van der Waals surface area contributed by atoms with Crippen LogP contribution in [0, 0.1) is 5.92 Å². The standard InChI is InChI=1S/C12H15NS/c1-8(2)9(3)12-13-10-6-4-5-7-11(10)14-12/h4-9H,1-3H3. The second-order valence-electron chi connectivity index (χ2n) is 4.05. The van der Waals surface area contributed by atoms with Crippen LogP contribution < -0.4 is 0 Å². The van der Waals surface area contributed by atoms with E-state index >= 15 is 0 Å². The number of nitrogens with zero attached hydrogens (tertiary/aromatic N) is 1. The molecule has 0 aliphatic heterocycles. The van der Waals surface area contributed by atoms with Gasteiger partial charge in [0.25, 0.3) is 0 Å². The highest BCUT2D eigenvalue weighted by molar-refractivity contribution is 7.18. The Labute approximate surface area is 88.8 Å². The van der Waals surface area contributed by atoms with Crippen molar-refractivity contribution in [2.24, 2.45) is 5.92 Å². The quantitative estimate of drug-likeness (QED) is 0.720. The summed E-state index contributed by atoms with van der Waals surface area (Å²) in [5.41, 5.74) is 1.14. The first-order chi connectivity index (χ1) is 6.68. The molecule has 1 nitrogen and oxygen atoms in total. The van der Waals surface area contributed by atoms with E-state index in [0.717, 1.165) is 5.52 Å². The summed E-state index contributed by atoms with van der Waals surface area (Å²) in [7, 11) is 0. The molecule has 0 saturated carbocycles. The van der Waals surface area contributed by atoms with Crippen molar-refractivity contribution in [3.63, 3.8) is 0 Å². The Morgan fingerprint density at radius 3 is 2.50 bits per heavy atom. The Kier molecular flexibility index (Phi) is 2.55. The molecule has 1 heterocycles. The highest BCUT2D eigenvalue weighted by Crippen LogP contribution is 2.30. The molecule has 1 atom stereocenters. The Balaban J connectivity index is 2.45. The highest BCUT2D eigenvalue weighted by atomic mass is 32.1. The van der Waals surface area contributed by atoms with Crippen molar-refractivity contribution in [2.45, 2.75) is 26.7 Å². The number of aromatic nitrogens is 1. The van der Waals surface area contributed by atoms with Gasteiger partial charge in [0.2, 0.25) is 0 Å². The maximum atomic E-state index is 4.65. The normalized spacial score (nSPS) is 13.7. The van der Waals surface area contributed by atoms with E-state index in [2.05, 4.69) is 44.0 Å². The SMILES string of the molecule is CC(C)C(C)c1nc2ccccc2s1. The molecule has 0 bridgehead atoms. The van der Waals surface area contributed by atoms with E-state index in [0.29, 0.717) is 11.8 Å². The largest absolute Gasteiger partial charge is 0.241 e. The van der Waals surface area contributed by atoms with Crippen LogP contribution in [0.3, 0.4) is 0 Å². The fraction of sp³-hybridized carbons (Fsp3) is 0.417. The zero-order valence-corrected chi connectivity index (χ0v) is 9.64. The van der Waals surface area contributed by atoms with Gasteiger partial charge in [-0.15, -0.1) is 11.3 Å². The fourth-order valence-electron chi connectivity index (χ4n) is 1.37. The van der Waals surface area contributed by atoms with Crippen molar-refractivity contribution in [1.29, 1.82) is 0 Å². The topological polar surface area (TPSA) is 12.9 Å². The van der Waals surface area contributed by atoms with Crippen LogP contribution in [0.25, 0.3) is 10.2 Å². The lowest BCUT2D eigenvalue weighted by molar-refractivity contribution is 0.533. The molecule has 2 heteroatoms. The van der Waals surface area contributed by atoms with Gasteiger partial charge < -0.3 is 0 Å². The average Bonchev–Trinajstić information content (AvgIpc) is 2.59. The van der Waals surface area contributed by atoms with E-state index in [1.807, 2.05) is 17.4 Å². The number of thiazole rings is 1. The zero-order valence-electron chi connectivity index (χ0n) is 8.82. The molecule has 0 spiro atoms. The number of benzene rings is 1. The molecule has 1 unspecified atom stereocenters. The minimum absolute atomic E-state index is 0.562. The minimum Gasteiger partial charge on any atom is -0.241 e. The van der Waals surface area contributed by atoms with Crippen molar-refractivity contribution < 1.29 is 0 Å². The third-order valence-corrected chi connectivity index (χ3v) is 3.94. The van der Waals surface area contributed by atoms with Crippen molar-refractivity contribution in [3.05, 3.63) is 29.3 Å². The van der Waals surface area contributed by atoms with E-state index in [9.17, 15) is 0 Å². The molecule has 14 heavy (non-hydrogen) atoms. The number of para-hydroxylation sites is 1. The van der Waals surface area contributed by atoms with Gasteiger partial charge in [-0.05, 0) is 18.1 Å². The van der Waals surface area contributed by atoms with Gasteiger partial charge in [-0.2, -0.15) is 0 Å². The summed E-state index contributed by atoms with van der Waals surface area (Å²) < 4.78 is 1.30. The summed E-state index contributed by atoms with van der Waals surface area (Å²) >= 11 is 1.82. The van der Waals surface area contributed by atoms with Gasteiger partial charge in [-0.3, -0.25) is 0 Å². The van der Waals surface area contributed by atoms with Crippen LogP contribution in [-0.4, -0.2) is 4.98 Å². The third-order valence-electron chi connectivity index (χ3n) is 2.70. The molecule has 2 rings (SSSR count). The van der Waals surface area contributed by atoms with Gasteiger partial charge >= 0.3 is 0 Å². The summed E-state index contributed by atoms with van der Waals surface area (Å²) in [6.45, 7) is 6.75. The molecule has 0 N–H and O–H groups in total. The molecule has 1 aromatic carbocycles. The van der Waals surface area contributed by atoms with Crippen LogP contribution in [-0.2, 0) is 0 Å². The van der Waals surface area contributed by atoms with Gasteiger partial charge in [0.15, 0.2) is 0 Å². The molecule has 0 fully saturated rings. The van der Waals surface area contributed by atoms with Gasteiger partial charge in [-0.1, -0.05) is 32.9 Å². The lowest BCUT2D eigenvalue weighted by Crippen LogP contribution is -2.00. The van der Waals surface area contributed by atoms with E-state index in [-0.39, 0.29) is 0 Å². The van der Waals surface area contributed by atoms with Crippen LogP contribution in [0.1, 0.15) is 31.7 Å². The van der Waals surface area contributed by atoms with Crippen LogP contribution >= 0.6 is 11.3 Å². The van der Waals surface area contributed by atoms with Crippen LogP contribution in [0.4, 0.5) is 0 Å². The fourth-order valence-corrected chi connectivity index (χ4v) is 2.56. The molecular weight excluding hydrogens is 190 g/mol. The van der Waals surface area contributed by atoms with Crippen LogP contribution in [0.5, 0.6) is 0 Å². The van der Waals surface area contributed by atoms with Crippen molar-refractivity contribution in [2.75, 3.05) is 0 Å². The molecule has 0 aliphatic carbocycles. The van der Waals surface area contributed by atoms with E-state index in [4.69, 9.17) is 0 Å². The Bertz CT molecular complexity index is 398. The second kappa shape index (κ2) is 3.70.